The van der Waals surface area contributed by atoms with Crippen LogP contribution < -0.4 is 5.32 Å². The van der Waals surface area contributed by atoms with Crippen molar-refractivity contribution in [3.05, 3.63) is 0 Å². The van der Waals surface area contributed by atoms with Crippen LogP contribution in [-0.4, -0.2) is 37.4 Å². The molecule has 1 fully saturated rings. The molecule has 94 valence electrons. The maximum absolute atomic E-state index is 11.6. The highest BCUT2D eigenvalue weighted by Crippen LogP contribution is 2.14. The summed E-state index contributed by atoms with van der Waals surface area (Å²) in [6.45, 7) is 7.12. The van der Waals surface area contributed by atoms with Crippen LogP contribution in [0.3, 0.4) is 0 Å². The topological polar surface area (TPSA) is 47.6 Å². The molecule has 0 aromatic rings. The third kappa shape index (κ3) is 4.10. The first kappa shape index (κ1) is 13.5. The molecule has 1 aliphatic rings. The molecule has 3 atom stereocenters. The monoisotopic (exact) mass is 229 g/mol. The van der Waals surface area contributed by atoms with Gasteiger partial charge in [-0.3, -0.25) is 4.79 Å². The molecule has 4 heteroatoms. The Labute approximate surface area is 97.7 Å². The van der Waals surface area contributed by atoms with E-state index in [0.717, 1.165) is 25.9 Å². The smallest absolute Gasteiger partial charge is 0.323 e. The third-order valence-electron chi connectivity index (χ3n) is 2.90. The minimum absolute atomic E-state index is 0.135. The van der Waals surface area contributed by atoms with E-state index in [-0.39, 0.29) is 18.1 Å². The molecular weight excluding hydrogens is 206 g/mol. The second-order valence-corrected chi connectivity index (χ2v) is 4.28. The Morgan fingerprint density at radius 3 is 2.88 bits per heavy atom. The van der Waals surface area contributed by atoms with E-state index in [1.165, 1.54) is 0 Å². The molecule has 1 heterocycles. The van der Waals surface area contributed by atoms with Crippen molar-refractivity contribution in [3.8, 4) is 0 Å². The second kappa shape index (κ2) is 6.86. The zero-order valence-corrected chi connectivity index (χ0v) is 10.5. The number of carbonyl (C=O) groups is 1. The van der Waals surface area contributed by atoms with Crippen LogP contribution in [0.5, 0.6) is 0 Å². The summed E-state index contributed by atoms with van der Waals surface area (Å²) in [5.41, 5.74) is 0. The van der Waals surface area contributed by atoms with Crippen LogP contribution in [0.15, 0.2) is 0 Å². The van der Waals surface area contributed by atoms with Crippen LogP contribution >= 0.6 is 0 Å². The Balaban J connectivity index is 2.39. The molecular formula is C12H23NO3. The van der Waals surface area contributed by atoms with Crippen molar-refractivity contribution in [3.63, 3.8) is 0 Å². The van der Waals surface area contributed by atoms with E-state index in [9.17, 15) is 4.79 Å². The molecule has 0 radical (unpaired) electrons. The Kier molecular flexibility index (Phi) is 5.77. The van der Waals surface area contributed by atoms with Gasteiger partial charge in [0.15, 0.2) is 0 Å². The summed E-state index contributed by atoms with van der Waals surface area (Å²) in [5.74, 6) is -0.135. The van der Waals surface area contributed by atoms with Gasteiger partial charge in [0.1, 0.15) is 6.04 Å². The summed E-state index contributed by atoms with van der Waals surface area (Å²) in [6.07, 6.45) is 2.99. The SMILES string of the molecule is CCOC(=O)C(CC)NC1CCOC(C)C1. The number of carbonyl (C=O) groups excluding carboxylic acids is 1. The van der Waals surface area contributed by atoms with Crippen molar-refractivity contribution in [1.29, 1.82) is 0 Å². The van der Waals surface area contributed by atoms with Crippen molar-refractivity contribution in [1.82, 2.24) is 5.32 Å². The van der Waals surface area contributed by atoms with Gasteiger partial charge in [-0.15, -0.1) is 0 Å². The number of ether oxygens (including phenoxy) is 2. The Hall–Kier alpha value is -0.610. The lowest BCUT2D eigenvalue weighted by Gasteiger charge is -2.30. The minimum atomic E-state index is -0.171. The van der Waals surface area contributed by atoms with Crippen molar-refractivity contribution in [2.75, 3.05) is 13.2 Å². The molecule has 0 bridgehead atoms. The molecule has 0 saturated carbocycles. The lowest BCUT2D eigenvalue weighted by atomic mass is 10.0. The van der Waals surface area contributed by atoms with Crippen molar-refractivity contribution in [2.45, 2.75) is 58.2 Å². The highest BCUT2D eigenvalue weighted by Gasteiger charge is 2.25. The van der Waals surface area contributed by atoms with E-state index in [1.54, 1.807) is 0 Å². The van der Waals surface area contributed by atoms with Crippen molar-refractivity contribution < 1.29 is 14.3 Å². The van der Waals surface area contributed by atoms with Gasteiger partial charge in [-0.1, -0.05) is 6.92 Å². The van der Waals surface area contributed by atoms with Gasteiger partial charge in [0.05, 0.1) is 12.7 Å². The predicted octanol–water partition coefficient (Wildman–Crippen LogP) is 1.49. The largest absolute Gasteiger partial charge is 0.465 e. The molecule has 16 heavy (non-hydrogen) atoms. The number of rotatable bonds is 5. The second-order valence-electron chi connectivity index (χ2n) is 4.28. The van der Waals surface area contributed by atoms with Gasteiger partial charge in [0.25, 0.3) is 0 Å². The van der Waals surface area contributed by atoms with Crippen LogP contribution in [0, 0.1) is 0 Å². The summed E-state index contributed by atoms with van der Waals surface area (Å²) in [5, 5.41) is 3.37. The fraction of sp³-hybridized carbons (Fsp3) is 0.917. The summed E-state index contributed by atoms with van der Waals surface area (Å²) in [7, 11) is 0. The van der Waals surface area contributed by atoms with E-state index in [2.05, 4.69) is 12.2 Å². The zero-order chi connectivity index (χ0) is 12.0. The number of nitrogens with one attached hydrogen (secondary N) is 1. The molecule has 3 unspecified atom stereocenters. The quantitative estimate of drug-likeness (QED) is 0.725. The molecule has 0 amide bonds. The third-order valence-corrected chi connectivity index (χ3v) is 2.90. The van der Waals surface area contributed by atoms with Gasteiger partial charge < -0.3 is 14.8 Å². The normalized spacial score (nSPS) is 27.4. The molecule has 0 aromatic heterocycles. The van der Waals surface area contributed by atoms with Crippen LogP contribution in [0.2, 0.25) is 0 Å². The average Bonchev–Trinajstić information content (AvgIpc) is 2.26. The molecule has 0 aliphatic carbocycles. The molecule has 0 aromatic carbocycles. The fourth-order valence-electron chi connectivity index (χ4n) is 2.03. The maximum atomic E-state index is 11.6. The van der Waals surface area contributed by atoms with E-state index in [4.69, 9.17) is 9.47 Å². The predicted molar refractivity (Wildman–Crippen MR) is 62.3 cm³/mol. The van der Waals surface area contributed by atoms with E-state index in [1.807, 2.05) is 13.8 Å². The van der Waals surface area contributed by atoms with Gasteiger partial charge in [0.2, 0.25) is 0 Å². The summed E-state index contributed by atoms with van der Waals surface area (Å²) < 4.78 is 10.5. The average molecular weight is 229 g/mol. The first-order valence-corrected chi connectivity index (χ1v) is 6.21. The van der Waals surface area contributed by atoms with E-state index >= 15 is 0 Å². The van der Waals surface area contributed by atoms with Crippen LogP contribution in [-0.2, 0) is 14.3 Å². The van der Waals surface area contributed by atoms with Gasteiger partial charge in [-0.25, -0.2) is 0 Å². The van der Waals surface area contributed by atoms with Crippen LogP contribution in [0.25, 0.3) is 0 Å². The van der Waals surface area contributed by atoms with Crippen molar-refractivity contribution >= 4 is 5.97 Å². The van der Waals surface area contributed by atoms with Crippen LogP contribution in [0.4, 0.5) is 0 Å². The molecule has 1 N–H and O–H groups in total. The fourth-order valence-corrected chi connectivity index (χ4v) is 2.03. The summed E-state index contributed by atoms with van der Waals surface area (Å²) in [6, 6.07) is 0.202. The van der Waals surface area contributed by atoms with E-state index < -0.39 is 0 Å². The Morgan fingerprint density at radius 1 is 1.56 bits per heavy atom. The molecule has 1 rings (SSSR count). The number of hydrogen-bond acceptors (Lipinski definition) is 4. The number of hydrogen-bond donors (Lipinski definition) is 1. The van der Waals surface area contributed by atoms with Gasteiger partial charge in [0, 0.05) is 12.6 Å². The highest BCUT2D eigenvalue weighted by atomic mass is 16.5. The van der Waals surface area contributed by atoms with Crippen molar-refractivity contribution in [2.24, 2.45) is 0 Å². The highest BCUT2D eigenvalue weighted by molar-refractivity contribution is 5.75. The summed E-state index contributed by atoms with van der Waals surface area (Å²) in [4.78, 5) is 11.6. The lowest BCUT2D eigenvalue weighted by molar-refractivity contribution is -0.146. The first-order valence-electron chi connectivity index (χ1n) is 6.21. The molecule has 1 aliphatic heterocycles. The zero-order valence-electron chi connectivity index (χ0n) is 10.5. The van der Waals surface area contributed by atoms with Gasteiger partial charge in [-0.05, 0) is 33.1 Å². The molecule has 0 spiro atoms. The molecule has 4 nitrogen and oxygen atoms in total. The maximum Gasteiger partial charge on any atom is 0.323 e. The van der Waals surface area contributed by atoms with Gasteiger partial charge in [-0.2, -0.15) is 0 Å². The number of esters is 1. The lowest BCUT2D eigenvalue weighted by Crippen LogP contribution is -2.47. The molecule has 1 saturated heterocycles. The minimum Gasteiger partial charge on any atom is -0.465 e. The first-order chi connectivity index (χ1) is 7.67. The standard InChI is InChI=1S/C12H23NO3/c1-4-11(12(14)15-5-2)13-10-6-7-16-9(3)8-10/h9-11,13H,4-8H2,1-3H3. The summed E-state index contributed by atoms with van der Waals surface area (Å²) >= 11 is 0. The Bertz CT molecular complexity index is 220. The van der Waals surface area contributed by atoms with E-state index in [0.29, 0.717) is 12.6 Å². The van der Waals surface area contributed by atoms with Crippen LogP contribution in [0.1, 0.15) is 40.0 Å². The Morgan fingerprint density at radius 2 is 2.31 bits per heavy atom. The van der Waals surface area contributed by atoms with Gasteiger partial charge >= 0.3 is 5.97 Å².